The van der Waals surface area contributed by atoms with Crippen molar-refractivity contribution in [2.24, 2.45) is 0 Å². The zero-order chi connectivity index (χ0) is 27.3. The first-order chi connectivity index (χ1) is 18.2. The zero-order valence-electron chi connectivity index (χ0n) is 20.9. The van der Waals surface area contributed by atoms with Gasteiger partial charge in [-0.25, -0.2) is 12.8 Å². The molecule has 0 amide bonds. The molecule has 196 valence electrons. The van der Waals surface area contributed by atoms with Gasteiger partial charge in [0, 0.05) is 29.6 Å². The van der Waals surface area contributed by atoms with E-state index in [-0.39, 0.29) is 23.7 Å². The van der Waals surface area contributed by atoms with Crippen molar-refractivity contribution in [1.82, 2.24) is 9.29 Å². The van der Waals surface area contributed by atoms with Gasteiger partial charge in [0.1, 0.15) is 24.2 Å². The summed E-state index contributed by atoms with van der Waals surface area (Å²) in [6, 6.07) is 18.0. The Morgan fingerprint density at radius 2 is 1.76 bits per heavy atom. The maximum Gasteiger partial charge on any atom is 0.322 e. The summed E-state index contributed by atoms with van der Waals surface area (Å²) in [5, 5.41) is 10.8. The fraction of sp³-hybridized carbons (Fsp3) is 0.207. The largest absolute Gasteiger partial charge is 0.481 e. The summed E-state index contributed by atoms with van der Waals surface area (Å²) < 4.78 is 49.3. The SMILES string of the molecule is CC#CCOc1ccc(S(=O)(=O)N[C@@H](Cc2c(C)n(Cc3ccc(F)cc3)c3ccccc23)C(=O)O)cc1. The lowest BCUT2D eigenvalue weighted by Gasteiger charge is -2.16. The highest BCUT2D eigenvalue weighted by Gasteiger charge is 2.28. The van der Waals surface area contributed by atoms with Crippen molar-refractivity contribution < 1.29 is 27.4 Å². The summed E-state index contributed by atoms with van der Waals surface area (Å²) in [6.45, 7) is 4.19. The lowest BCUT2D eigenvalue weighted by molar-refractivity contribution is -0.138. The van der Waals surface area contributed by atoms with Gasteiger partial charge < -0.3 is 14.4 Å². The molecule has 9 heteroatoms. The van der Waals surface area contributed by atoms with Crippen LogP contribution in [0, 0.1) is 24.6 Å². The number of rotatable bonds is 10. The van der Waals surface area contributed by atoms with Crippen LogP contribution in [0.3, 0.4) is 0 Å². The molecule has 0 bridgehead atoms. The normalized spacial score (nSPS) is 12.1. The molecule has 0 radical (unpaired) electrons. The molecule has 7 nitrogen and oxygen atoms in total. The van der Waals surface area contributed by atoms with Gasteiger partial charge in [-0.05, 0) is 67.4 Å². The van der Waals surface area contributed by atoms with E-state index in [0.717, 1.165) is 27.7 Å². The third kappa shape index (κ3) is 6.05. The third-order valence-electron chi connectivity index (χ3n) is 6.24. The number of hydrogen-bond donors (Lipinski definition) is 2. The highest BCUT2D eigenvalue weighted by molar-refractivity contribution is 7.89. The molecule has 0 saturated heterocycles. The molecule has 0 aliphatic carbocycles. The van der Waals surface area contributed by atoms with Gasteiger partial charge in [0.05, 0.1) is 4.90 Å². The number of ether oxygens (including phenoxy) is 1. The monoisotopic (exact) mass is 534 g/mol. The van der Waals surface area contributed by atoms with Crippen molar-refractivity contribution in [2.45, 2.75) is 37.8 Å². The predicted octanol–water partition coefficient (Wildman–Crippen LogP) is 4.51. The number of nitrogens with zero attached hydrogens (tertiary/aromatic N) is 1. The summed E-state index contributed by atoms with van der Waals surface area (Å²) in [7, 11) is -4.14. The molecule has 0 aliphatic rings. The fourth-order valence-electron chi connectivity index (χ4n) is 4.28. The van der Waals surface area contributed by atoms with Gasteiger partial charge in [-0.3, -0.25) is 4.79 Å². The summed E-state index contributed by atoms with van der Waals surface area (Å²) in [5.74, 6) is 4.29. The highest BCUT2D eigenvalue weighted by Crippen LogP contribution is 2.28. The molecule has 4 aromatic rings. The topological polar surface area (TPSA) is 97.6 Å². The molecule has 1 aromatic heterocycles. The van der Waals surface area contributed by atoms with E-state index in [2.05, 4.69) is 16.6 Å². The van der Waals surface area contributed by atoms with Crippen molar-refractivity contribution in [3.63, 3.8) is 0 Å². The number of carbonyl (C=O) groups is 1. The van der Waals surface area contributed by atoms with Crippen molar-refractivity contribution in [3.05, 3.63) is 95.4 Å². The summed E-state index contributed by atoms with van der Waals surface area (Å²) in [5.41, 5.74) is 3.28. The molecule has 3 aromatic carbocycles. The molecule has 1 heterocycles. The van der Waals surface area contributed by atoms with Crippen molar-refractivity contribution in [2.75, 3.05) is 6.61 Å². The Kier molecular flexibility index (Phi) is 8.15. The fourth-order valence-corrected chi connectivity index (χ4v) is 5.47. The van der Waals surface area contributed by atoms with Crippen LogP contribution in [-0.4, -0.2) is 36.7 Å². The Labute approximate surface area is 220 Å². The van der Waals surface area contributed by atoms with Crippen LogP contribution in [0.1, 0.15) is 23.7 Å². The molecule has 0 aliphatic heterocycles. The number of carboxylic acid groups (broad SMARTS) is 1. The van der Waals surface area contributed by atoms with Gasteiger partial charge in [-0.2, -0.15) is 4.72 Å². The van der Waals surface area contributed by atoms with Crippen LogP contribution < -0.4 is 9.46 Å². The molecular weight excluding hydrogens is 507 g/mol. The lowest BCUT2D eigenvalue weighted by Crippen LogP contribution is -2.42. The predicted molar refractivity (Wildman–Crippen MR) is 143 cm³/mol. The zero-order valence-corrected chi connectivity index (χ0v) is 21.8. The summed E-state index contributed by atoms with van der Waals surface area (Å²) >= 11 is 0. The van der Waals surface area contributed by atoms with Gasteiger partial charge in [0.2, 0.25) is 10.0 Å². The number of sulfonamides is 1. The Bertz CT molecular complexity index is 1620. The molecule has 0 unspecified atom stereocenters. The Morgan fingerprint density at radius 3 is 2.42 bits per heavy atom. The van der Waals surface area contributed by atoms with Crippen LogP contribution in [0.15, 0.2) is 77.7 Å². The second-order valence-corrected chi connectivity index (χ2v) is 10.4. The molecule has 0 spiro atoms. The molecule has 1 atom stereocenters. The van der Waals surface area contributed by atoms with E-state index >= 15 is 0 Å². The number of aliphatic carboxylic acids is 1. The second-order valence-electron chi connectivity index (χ2n) is 8.70. The van der Waals surface area contributed by atoms with Gasteiger partial charge in [-0.15, -0.1) is 5.92 Å². The van der Waals surface area contributed by atoms with E-state index in [9.17, 15) is 22.7 Å². The quantitative estimate of drug-likeness (QED) is 0.292. The minimum Gasteiger partial charge on any atom is -0.481 e. The number of fused-ring (bicyclic) bond motifs is 1. The van der Waals surface area contributed by atoms with Crippen LogP contribution in [0.4, 0.5) is 4.39 Å². The molecule has 0 fully saturated rings. The average molecular weight is 535 g/mol. The number of benzene rings is 3. The van der Waals surface area contributed by atoms with E-state index in [4.69, 9.17) is 4.74 Å². The van der Waals surface area contributed by atoms with Gasteiger partial charge >= 0.3 is 5.97 Å². The first-order valence-corrected chi connectivity index (χ1v) is 13.4. The number of hydrogen-bond acceptors (Lipinski definition) is 4. The van der Waals surface area contributed by atoms with Gasteiger partial charge in [0.15, 0.2) is 0 Å². The summed E-state index contributed by atoms with van der Waals surface area (Å²) in [6.07, 6.45) is -0.0613. The second kappa shape index (κ2) is 11.5. The first kappa shape index (κ1) is 26.9. The average Bonchev–Trinajstić information content (AvgIpc) is 3.16. The van der Waals surface area contributed by atoms with Crippen LogP contribution in [0.25, 0.3) is 10.9 Å². The maximum absolute atomic E-state index is 13.4. The Hall–Kier alpha value is -4.13. The standard InChI is InChI=1S/C29H27FN2O5S/c1-3-4-17-37-23-13-15-24(16-14-23)38(35,36)31-27(29(33)34)18-26-20(2)32(28-8-6-5-7-25(26)28)19-21-9-11-22(30)12-10-21/h5-16,27,31H,17-19H2,1-2H3,(H,33,34)/t27-/m0/s1. The van der Waals surface area contributed by atoms with Crippen LogP contribution >= 0.6 is 0 Å². The van der Waals surface area contributed by atoms with E-state index in [1.165, 1.54) is 36.4 Å². The van der Waals surface area contributed by atoms with Crippen molar-refractivity contribution >= 4 is 26.9 Å². The van der Waals surface area contributed by atoms with Crippen molar-refractivity contribution in [3.8, 4) is 17.6 Å². The molecule has 0 saturated carbocycles. The Balaban J connectivity index is 1.61. The molecule has 38 heavy (non-hydrogen) atoms. The highest BCUT2D eigenvalue weighted by atomic mass is 32.2. The molecule has 4 rings (SSSR count). The van der Waals surface area contributed by atoms with E-state index in [0.29, 0.717) is 12.3 Å². The van der Waals surface area contributed by atoms with Crippen molar-refractivity contribution in [1.29, 1.82) is 0 Å². The van der Waals surface area contributed by atoms with Crippen LogP contribution in [0.2, 0.25) is 0 Å². The minimum absolute atomic E-state index is 0.0613. The van der Waals surface area contributed by atoms with Gasteiger partial charge in [0.25, 0.3) is 0 Å². The van der Waals surface area contributed by atoms with Crippen LogP contribution in [0.5, 0.6) is 5.75 Å². The lowest BCUT2D eigenvalue weighted by atomic mass is 10.0. The van der Waals surface area contributed by atoms with Crippen LogP contribution in [-0.2, 0) is 27.8 Å². The third-order valence-corrected chi connectivity index (χ3v) is 7.73. The summed E-state index contributed by atoms with van der Waals surface area (Å²) in [4.78, 5) is 12.1. The number of nitrogens with one attached hydrogen (secondary N) is 1. The number of carboxylic acids is 1. The molecular formula is C29H27FN2O5S. The Morgan fingerprint density at radius 1 is 1.08 bits per heavy atom. The molecule has 2 N–H and O–H groups in total. The first-order valence-electron chi connectivity index (χ1n) is 11.9. The van der Waals surface area contributed by atoms with E-state index in [1.54, 1.807) is 19.1 Å². The minimum atomic E-state index is -4.14. The maximum atomic E-state index is 13.4. The number of para-hydroxylation sites is 1. The smallest absolute Gasteiger partial charge is 0.322 e. The number of halogens is 1. The van der Waals surface area contributed by atoms with E-state index in [1.807, 2.05) is 35.8 Å². The number of aromatic nitrogens is 1. The van der Waals surface area contributed by atoms with Gasteiger partial charge in [-0.1, -0.05) is 36.3 Å². The van der Waals surface area contributed by atoms with E-state index < -0.39 is 22.0 Å².